The molecular weight excluding hydrogens is 412 g/mol. The van der Waals surface area contributed by atoms with Crippen molar-refractivity contribution >= 4 is 57.3 Å². The Bertz CT molecular complexity index is 1080. The van der Waals surface area contributed by atoms with E-state index >= 15 is 0 Å². The number of nitrogens with zero attached hydrogens (tertiary/aromatic N) is 2. The Hall–Kier alpha value is -2.36. The molecule has 0 atom stereocenters. The van der Waals surface area contributed by atoms with Gasteiger partial charge in [-0.25, -0.2) is 13.8 Å². The lowest BCUT2D eigenvalue weighted by molar-refractivity contribution is 0.602. The molecule has 0 aliphatic heterocycles. The van der Waals surface area contributed by atoms with E-state index in [0.29, 0.717) is 32.5 Å². The molecule has 0 saturated heterocycles. The van der Waals surface area contributed by atoms with E-state index in [4.69, 9.17) is 11.6 Å². The van der Waals surface area contributed by atoms with Crippen molar-refractivity contribution in [2.24, 2.45) is 0 Å². The number of anilines is 2. The van der Waals surface area contributed by atoms with Gasteiger partial charge in [0.25, 0.3) is 0 Å². The second kappa shape index (κ2) is 7.71. The summed E-state index contributed by atoms with van der Waals surface area (Å²) in [5.41, 5.74) is 3.06. The summed E-state index contributed by atoms with van der Waals surface area (Å²) >= 11 is 8.79. The van der Waals surface area contributed by atoms with Crippen LogP contribution < -0.4 is 10.0 Å². The minimum absolute atomic E-state index is 0.133. The highest BCUT2D eigenvalue weighted by molar-refractivity contribution is 8.00. The van der Waals surface area contributed by atoms with Gasteiger partial charge in [-0.3, -0.25) is 5.10 Å². The minimum Gasteiger partial charge on any atom is -0.379 e. The zero-order chi connectivity index (χ0) is 18.8. The molecule has 0 bridgehead atoms. The first-order chi connectivity index (χ1) is 13.1. The van der Waals surface area contributed by atoms with Crippen LogP contribution >= 0.6 is 34.9 Å². The Labute approximate surface area is 166 Å². The molecule has 4 rings (SSSR count). The first-order valence-electron chi connectivity index (χ1n) is 7.76. The number of hydrogen-bond acceptors (Lipinski definition) is 6. The number of hydrogen-bond donors (Lipinski definition) is 3. The molecule has 0 unspecified atom stereocenters. The summed E-state index contributed by atoms with van der Waals surface area (Å²) in [6.45, 7) is 0.133. The highest BCUT2D eigenvalue weighted by Crippen LogP contribution is 2.32. The van der Waals surface area contributed by atoms with Crippen molar-refractivity contribution in [2.75, 3.05) is 10.0 Å². The SMILES string of the molecule is Fc1cc(NCc2c(F)ccc3cn[nH]c23)c(Cl)cc1SNc1cscn1. The van der Waals surface area contributed by atoms with Crippen molar-refractivity contribution < 1.29 is 8.78 Å². The Morgan fingerprint density at radius 2 is 2.11 bits per heavy atom. The maximum Gasteiger partial charge on any atom is 0.147 e. The highest BCUT2D eigenvalue weighted by Gasteiger charge is 2.13. The maximum atomic E-state index is 14.4. The molecule has 2 aromatic carbocycles. The smallest absolute Gasteiger partial charge is 0.147 e. The fourth-order valence-electron chi connectivity index (χ4n) is 2.52. The summed E-state index contributed by atoms with van der Waals surface area (Å²) in [5, 5.41) is 12.6. The van der Waals surface area contributed by atoms with Crippen molar-refractivity contribution in [3.63, 3.8) is 0 Å². The van der Waals surface area contributed by atoms with E-state index in [-0.39, 0.29) is 12.4 Å². The van der Waals surface area contributed by atoms with E-state index in [1.165, 1.54) is 29.5 Å². The van der Waals surface area contributed by atoms with Crippen molar-refractivity contribution in [2.45, 2.75) is 11.4 Å². The van der Waals surface area contributed by atoms with E-state index in [0.717, 1.165) is 17.3 Å². The third-order valence-electron chi connectivity index (χ3n) is 3.84. The van der Waals surface area contributed by atoms with Gasteiger partial charge in [-0.2, -0.15) is 5.10 Å². The second-order valence-corrected chi connectivity index (χ2v) is 7.53. The van der Waals surface area contributed by atoms with Crippen LogP contribution in [-0.2, 0) is 6.54 Å². The first-order valence-corrected chi connectivity index (χ1v) is 9.90. The highest BCUT2D eigenvalue weighted by atomic mass is 35.5. The summed E-state index contributed by atoms with van der Waals surface area (Å²) in [6, 6.07) is 5.82. The summed E-state index contributed by atoms with van der Waals surface area (Å²) < 4.78 is 31.5. The third-order valence-corrected chi connectivity index (χ3v) is 5.59. The number of nitrogens with one attached hydrogen (secondary N) is 3. The fourth-order valence-corrected chi connectivity index (χ4v) is 4.03. The molecule has 0 aliphatic carbocycles. The van der Waals surface area contributed by atoms with E-state index in [2.05, 4.69) is 25.2 Å². The van der Waals surface area contributed by atoms with E-state index < -0.39 is 5.82 Å². The summed E-state index contributed by atoms with van der Waals surface area (Å²) in [5.74, 6) is -0.184. The van der Waals surface area contributed by atoms with Gasteiger partial charge in [-0.15, -0.1) is 11.3 Å². The molecule has 0 saturated carbocycles. The van der Waals surface area contributed by atoms with Gasteiger partial charge in [0.1, 0.15) is 17.5 Å². The predicted molar refractivity (Wildman–Crippen MR) is 106 cm³/mol. The van der Waals surface area contributed by atoms with Crippen LogP contribution in [-0.4, -0.2) is 15.2 Å². The average molecular weight is 424 g/mol. The number of benzene rings is 2. The van der Waals surface area contributed by atoms with Gasteiger partial charge >= 0.3 is 0 Å². The number of fused-ring (bicyclic) bond motifs is 1. The van der Waals surface area contributed by atoms with Crippen LogP contribution in [0.3, 0.4) is 0 Å². The molecule has 3 N–H and O–H groups in total. The third kappa shape index (κ3) is 3.85. The fraction of sp³-hybridized carbons (Fsp3) is 0.0588. The Balaban J connectivity index is 1.51. The van der Waals surface area contributed by atoms with Gasteiger partial charge in [0.05, 0.1) is 32.8 Å². The van der Waals surface area contributed by atoms with Crippen LogP contribution in [0.25, 0.3) is 10.9 Å². The van der Waals surface area contributed by atoms with Crippen molar-refractivity contribution in [3.05, 3.63) is 63.6 Å². The molecule has 10 heteroatoms. The molecule has 138 valence electrons. The monoisotopic (exact) mass is 423 g/mol. The molecule has 0 aliphatic rings. The van der Waals surface area contributed by atoms with Gasteiger partial charge < -0.3 is 10.0 Å². The van der Waals surface area contributed by atoms with Crippen LogP contribution in [0.15, 0.2) is 46.2 Å². The van der Waals surface area contributed by atoms with Crippen molar-refractivity contribution in [3.8, 4) is 0 Å². The number of halogens is 3. The molecule has 27 heavy (non-hydrogen) atoms. The number of H-pyrrole nitrogens is 1. The number of aromatic nitrogens is 3. The quantitative estimate of drug-likeness (QED) is 0.348. The van der Waals surface area contributed by atoms with E-state index in [1.807, 2.05) is 5.38 Å². The number of aromatic amines is 1. The second-order valence-electron chi connectivity index (χ2n) is 5.55. The lowest BCUT2D eigenvalue weighted by atomic mass is 10.1. The normalized spacial score (nSPS) is 11.1. The molecule has 0 fully saturated rings. The average Bonchev–Trinajstić information content (AvgIpc) is 3.33. The van der Waals surface area contributed by atoms with E-state index in [9.17, 15) is 8.78 Å². The van der Waals surface area contributed by atoms with Gasteiger partial charge in [0, 0.05) is 22.9 Å². The lowest BCUT2D eigenvalue weighted by Crippen LogP contribution is -2.04. The standard InChI is InChI=1S/C17H12ClF2N5S2/c18-11-3-15(27-25-16-7-26-8-22-16)13(20)4-14(11)21-6-10-12(19)2-1-9-5-23-24-17(9)10/h1-5,7-8,21,25H,6H2,(H,23,24). The zero-order valence-corrected chi connectivity index (χ0v) is 16.0. The molecule has 0 spiro atoms. The van der Waals surface area contributed by atoms with Gasteiger partial charge in [-0.1, -0.05) is 11.6 Å². The molecule has 4 aromatic rings. The lowest BCUT2D eigenvalue weighted by Gasteiger charge is -2.12. The van der Waals surface area contributed by atoms with Crippen LogP contribution in [0.5, 0.6) is 0 Å². The van der Waals surface area contributed by atoms with Crippen LogP contribution in [0.2, 0.25) is 5.02 Å². The van der Waals surface area contributed by atoms with Gasteiger partial charge in [-0.05, 0) is 36.2 Å². The van der Waals surface area contributed by atoms with Gasteiger partial charge in [0.2, 0.25) is 0 Å². The molecule has 5 nitrogen and oxygen atoms in total. The Morgan fingerprint density at radius 3 is 2.93 bits per heavy atom. The van der Waals surface area contributed by atoms with Crippen molar-refractivity contribution in [1.29, 1.82) is 0 Å². The Morgan fingerprint density at radius 1 is 1.22 bits per heavy atom. The summed E-state index contributed by atoms with van der Waals surface area (Å²) in [6.07, 6.45) is 1.62. The molecule has 0 radical (unpaired) electrons. The zero-order valence-electron chi connectivity index (χ0n) is 13.6. The largest absolute Gasteiger partial charge is 0.379 e. The minimum atomic E-state index is -0.449. The number of rotatable bonds is 6. The predicted octanol–water partition coefficient (Wildman–Crippen LogP) is 5.68. The van der Waals surface area contributed by atoms with Crippen LogP contribution in [0.1, 0.15) is 5.56 Å². The summed E-state index contributed by atoms with van der Waals surface area (Å²) in [4.78, 5) is 4.40. The van der Waals surface area contributed by atoms with Gasteiger partial charge in [0.15, 0.2) is 0 Å². The van der Waals surface area contributed by atoms with Crippen LogP contribution in [0.4, 0.5) is 20.3 Å². The molecule has 0 amide bonds. The van der Waals surface area contributed by atoms with E-state index in [1.54, 1.807) is 17.8 Å². The Kier molecular flexibility index (Phi) is 5.15. The van der Waals surface area contributed by atoms with Crippen molar-refractivity contribution in [1.82, 2.24) is 15.2 Å². The maximum absolute atomic E-state index is 14.4. The number of thiazole rings is 1. The molecule has 2 heterocycles. The summed E-state index contributed by atoms with van der Waals surface area (Å²) in [7, 11) is 0. The molecule has 2 aromatic heterocycles. The topological polar surface area (TPSA) is 65.6 Å². The molecular formula is C17H12ClF2N5S2. The first kappa shape index (κ1) is 18.0. The van der Waals surface area contributed by atoms with Crippen LogP contribution in [0, 0.1) is 11.6 Å².